The van der Waals surface area contributed by atoms with Crippen molar-refractivity contribution in [3.05, 3.63) is 35.1 Å². The number of likely N-dealkylation sites (tertiary alicyclic amines) is 1. The molecule has 1 unspecified atom stereocenters. The van der Waals surface area contributed by atoms with Crippen LogP contribution in [0, 0.1) is 5.82 Å². The van der Waals surface area contributed by atoms with Crippen molar-refractivity contribution in [2.24, 2.45) is 0 Å². The van der Waals surface area contributed by atoms with E-state index >= 15 is 0 Å². The molecule has 1 aliphatic rings. The van der Waals surface area contributed by atoms with Crippen LogP contribution < -0.4 is 0 Å². The lowest BCUT2D eigenvalue weighted by Crippen LogP contribution is -2.52. The third kappa shape index (κ3) is 3.64. The molecule has 1 heterocycles. The number of alkyl halides is 6. The van der Waals surface area contributed by atoms with E-state index < -0.39 is 47.3 Å². The Hall–Kier alpha value is -1.80. The molecule has 0 radical (unpaired) electrons. The van der Waals surface area contributed by atoms with E-state index in [2.05, 4.69) is 0 Å². The first-order valence-electron chi connectivity index (χ1n) is 7.17. The Morgan fingerprint density at radius 3 is 2.33 bits per heavy atom. The molecule has 0 saturated carbocycles. The summed E-state index contributed by atoms with van der Waals surface area (Å²) in [6.07, 6.45) is -9.99. The quantitative estimate of drug-likeness (QED) is 0.693. The van der Waals surface area contributed by atoms with Gasteiger partial charge in [0.25, 0.3) is 0 Å². The van der Waals surface area contributed by atoms with Gasteiger partial charge in [-0.2, -0.15) is 26.3 Å². The lowest BCUT2D eigenvalue weighted by Gasteiger charge is -2.40. The number of amides is 1. The summed E-state index contributed by atoms with van der Waals surface area (Å²) in [4.78, 5) is 12.4. The Bertz CT molecular complexity index is 623. The fraction of sp³-hybridized carbons (Fsp3) is 0.533. The second kappa shape index (κ2) is 6.25. The van der Waals surface area contributed by atoms with Crippen LogP contribution in [-0.2, 0) is 11.0 Å². The number of rotatable bonds is 2. The van der Waals surface area contributed by atoms with E-state index in [-0.39, 0.29) is 19.3 Å². The highest BCUT2D eigenvalue weighted by molar-refractivity contribution is 5.78. The number of carbonyl (C=O) groups excluding carboxylic acids is 1. The molecule has 1 aromatic carbocycles. The Labute approximate surface area is 133 Å². The van der Waals surface area contributed by atoms with Gasteiger partial charge in [-0.05, 0) is 38.0 Å². The molecule has 2 rings (SSSR count). The van der Waals surface area contributed by atoms with Gasteiger partial charge in [-0.15, -0.1) is 0 Å². The number of hydrogen-bond acceptors (Lipinski definition) is 1. The van der Waals surface area contributed by atoms with Gasteiger partial charge in [0.15, 0.2) is 0 Å². The molecule has 0 spiro atoms. The zero-order chi connectivity index (χ0) is 18.3. The molecule has 2 atom stereocenters. The summed E-state index contributed by atoms with van der Waals surface area (Å²) in [5, 5.41) is 0. The highest BCUT2D eigenvalue weighted by Gasteiger charge is 2.49. The molecule has 1 aromatic rings. The summed E-state index contributed by atoms with van der Waals surface area (Å²) in [5.41, 5.74) is -1.77. The number of halogens is 7. The molecule has 0 N–H and O–H groups in total. The molecule has 134 valence electrons. The third-order valence-corrected chi connectivity index (χ3v) is 4.06. The summed E-state index contributed by atoms with van der Waals surface area (Å²) in [7, 11) is 0. The zero-order valence-corrected chi connectivity index (χ0v) is 12.5. The summed E-state index contributed by atoms with van der Waals surface area (Å²) in [6.45, 7) is 1.10. The maximum atomic E-state index is 13.9. The summed E-state index contributed by atoms with van der Waals surface area (Å²) in [6, 6.07) is -2.10. The van der Waals surface area contributed by atoms with Gasteiger partial charge in [0.2, 0.25) is 5.91 Å². The van der Waals surface area contributed by atoms with Crippen molar-refractivity contribution in [1.29, 1.82) is 0 Å². The number of piperidine rings is 1. The van der Waals surface area contributed by atoms with E-state index in [0.717, 1.165) is 6.92 Å². The van der Waals surface area contributed by atoms with Gasteiger partial charge >= 0.3 is 12.4 Å². The van der Waals surface area contributed by atoms with Crippen LogP contribution in [0.5, 0.6) is 0 Å². The fourth-order valence-electron chi connectivity index (χ4n) is 2.89. The van der Waals surface area contributed by atoms with E-state index in [1.54, 1.807) is 0 Å². The van der Waals surface area contributed by atoms with E-state index in [0.29, 0.717) is 23.1 Å². The number of carbonyl (C=O) groups is 1. The predicted molar refractivity (Wildman–Crippen MR) is 70.4 cm³/mol. The first-order valence-corrected chi connectivity index (χ1v) is 7.17. The molecule has 0 aromatic heterocycles. The second-order valence-electron chi connectivity index (χ2n) is 5.66. The van der Waals surface area contributed by atoms with Crippen LogP contribution in [0.3, 0.4) is 0 Å². The van der Waals surface area contributed by atoms with Crippen LogP contribution >= 0.6 is 0 Å². The summed E-state index contributed by atoms with van der Waals surface area (Å²) < 4.78 is 91.6. The van der Waals surface area contributed by atoms with E-state index in [1.165, 1.54) is 0 Å². The molecule has 1 amide bonds. The molecule has 9 heteroatoms. The van der Waals surface area contributed by atoms with Crippen molar-refractivity contribution < 1.29 is 35.5 Å². The molecule has 0 bridgehead atoms. The average Bonchev–Trinajstić information content (AvgIpc) is 2.44. The molecular formula is C15H14F7NO. The van der Waals surface area contributed by atoms with E-state index in [9.17, 15) is 35.5 Å². The van der Waals surface area contributed by atoms with Crippen LogP contribution in [-0.4, -0.2) is 23.0 Å². The highest BCUT2D eigenvalue weighted by Crippen LogP contribution is 2.39. The lowest BCUT2D eigenvalue weighted by atomic mass is 9.95. The van der Waals surface area contributed by atoms with Crippen molar-refractivity contribution in [2.45, 2.75) is 50.6 Å². The maximum absolute atomic E-state index is 13.9. The topological polar surface area (TPSA) is 20.3 Å². The van der Waals surface area contributed by atoms with Crippen LogP contribution in [0.2, 0.25) is 0 Å². The standard InChI is InChI=1S/C15H14F7NO/c1-8(10-7-9(14(17,18)19)5-6-11(10)16)23-12(15(20,21)22)3-2-4-13(23)24/h5-8,12H,2-4H2,1H3/t8?,12-/m0/s1. The average molecular weight is 357 g/mol. The van der Waals surface area contributed by atoms with Crippen LogP contribution in [0.25, 0.3) is 0 Å². The van der Waals surface area contributed by atoms with Gasteiger partial charge in [0.05, 0.1) is 11.6 Å². The molecule has 1 saturated heterocycles. The highest BCUT2D eigenvalue weighted by atomic mass is 19.4. The zero-order valence-electron chi connectivity index (χ0n) is 12.5. The molecule has 2 nitrogen and oxygen atoms in total. The molecular weight excluding hydrogens is 343 g/mol. The molecule has 0 aliphatic carbocycles. The Morgan fingerprint density at radius 2 is 1.79 bits per heavy atom. The minimum atomic E-state index is -4.77. The largest absolute Gasteiger partial charge is 0.416 e. The monoisotopic (exact) mass is 357 g/mol. The van der Waals surface area contributed by atoms with Crippen LogP contribution in [0.4, 0.5) is 30.7 Å². The van der Waals surface area contributed by atoms with Gasteiger partial charge in [-0.1, -0.05) is 0 Å². The van der Waals surface area contributed by atoms with Gasteiger partial charge in [-0.3, -0.25) is 4.79 Å². The van der Waals surface area contributed by atoms with Gasteiger partial charge in [-0.25, -0.2) is 4.39 Å². The minimum Gasteiger partial charge on any atom is -0.324 e. The van der Waals surface area contributed by atoms with Crippen molar-refractivity contribution in [1.82, 2.24) is 4.90 Å². The Kier molecular flexibility index (Phi) is 4.83. The van der Waals surface area contributed by atoms with Crippen molar-refractivity contribution in [2.75, 3.05) is 0 Å². The van der Waals surface area contributed by atoms with Crippen molar-refractivity contribution in [3.8, 4) is 0 Å². The number of nitrogens with zero attached hydrogens (tertiary/aromatic N) is 1. The van der Waals surface area contributed by atoms with Crippen LogP contribution in [0.1, 0.15) is 43.4 Å². The summed E-state index contributed by atoms with van der Waals surface area (Å²) >= 11 is 0. The first-order chi connectivity index (χ1) is 10.9. The van der Waals surface area contributed by atoms with E-state index in [1.807, 2.05) is 0 Å². The first kappa shape index (κ1) is 18.5. The Morgan fingerprint density at radius 1 is 1.17 bits per heavy atom. The van der Waals surface area contributed by atoms with E-state index in [4.69, 9.17) is 0 Å². The molecule has 1 aliphatic heterocycles. The lowest BCUT2D eigenvalue weighted by molar-refractivity contribution is -0.201. The molecule has 1 fully saturated rings. The smallest absolute Gasteiger partial charge is 0.324 e. The van der Waals surface area contributed by atoms with Crippen LogP contribution in [0.15, 0.2) is 18.2 Å². The van der Waals surface area contributed by atoms with Gasteiger partial charge in [0.1, 0.15) is 11.9 Å². The predicted octanol–water partition coefficient (Wildman–Crippen LogP) is 4.85. The Balaban J connectivity index is 2.45. The normalized spacial score (nSPS) is 21.1. The number of hydrogen-bond donors (Lipinski definition) is 0. The molecule has 24 heavy (non-hydrogen) atoms. The van der Waals surface area contributed by atoms with Gasteiger partial charge in [0, 0.05) is 12.0 Å². The second-order valence-corrected chi connectivity index (χ2v) is 5.66. The SMILES string of the molecule is CC(c1cc(C(F)(F)F)ccc1F)N1C(=O)CCC[C@H]1C(F)(F)F. The third-order valence-electron chi connectivity index (χ3n) is 4.06. The van der Waals surface area contributed by atoms with Crippen molar-refractivity contribution >= 4 is 5.91 Å². The van der Waals surface area contributed by atoms with Crippen molar-refractivity contribution in [3.63, 3.8) is 0 Å². The van der Waals surface area contributed by atoms with Gasteiger partial charge < -0.3 is 4.90 Å². The summed E-state index contributed by atoms with van der Waals surface area (Å²) in [5.74, 6) is -1.94. The maximum Gasteiger partial charge on any atom is 0.416 e. The number of benzene rings is 1. The minimum absolute atomic E-state index is 0.0251. The fourth-order valence-corrected chi connectivity index (χ4v) is 2.89.